The summed E-state index contributed by atoms with van der Waals surface area (Å²) in [7, 11) is 1.62. The number of rotatable bonds is 7. The second kappa shape index (κ2) is 9.32. The molecule has 2 aromatic heterocycles. The molecule has 0 aliphatic rings. The molecule has 0 aliphatic heterocycles. The Balaban J connectivity index is 1.67. The zero-order valence-corrected chi connectivity index (χ0v) is 19.3. The third-order valence-electron chi connectivity index (χ3n) is 6.08. The van der Waals surface area contributed by atoms with Gasteiger partial charge in [0.2, 0.25) is 5.91 Å². The Bertz CT molecular complexity index is 1340. The van der Waals surface area contributed by atoms with Gasteiger partial charge >= 0.3 is 0 Å². The first-order valence-electron chi connectivity index (χ1n) is 11.0. The van der Waals surface area contributed by atoms with E-state index in [0.29, 0.717) is 24.0 Å². The molecule has 1 unspecified atom stereocenters. The van der Waals surface area contributed by atoms with Crippen molar-refractivity contribution in [3.8, 4) is 11.4 Å². The van der Waals surface area contributed by atoms with Crippen LogP contribution in [0.4, 0.5) is 0 Å². The maximum absolute atomic E-state index is 13.3. The second-order valence-electron chi connectivity index (χ2n) is 8.02. The SMILES string of the molecule is CCC(C(=O)NCc1ccc(OC)cc1)n1c(C)c2cnn(-c3ccccc3)c(=O)c2c1C. The average Bonchev–Trinajstić information content (AvgIpc) is 3.10. The molecule has 1 N–H and O–H groups in total. The molecule has 170 valence electrons. The van der Waals surface area contributed by atoms with E-state index in [-0.39, 0.29) is 11.5 Å². The molecule has 0 bridgehead atoms. The van der Waals surface area contributed by atoms with Crippen LogP contribution in [-0.2, 0) is 11.3 Å². The number of carbonyl (C=O) groups excluding carboxylic acids is 1. The molecule has 0 radical (unpaired) electrons. The van der Waals surface area contributed by atoms with Gasteiger partial charge in [0.05, 0.1) is 24.4 Å². The molecule has 4 aromatic rings. The fourth-order valence-corrected chi connectivity index (χ4v) is 4.34. The van der Waals surface area contributed by atoms with Crippen LogP contribution >= 0.6 is 0 Å². The largest absolute Gasteiger partial charge is 0.497 e. The molecule has 7 nitrogen and oxygen atoms in total. The van der Waals surface area contributed by atoms with Crippen molar-refractivity contribution in [1.29, 1.82) is 0 Å². The molecule has 0 saturated carbocycles. The highest BCUT2D eigenvalue weighted by molar-refractivity contribution is 5.89. The lowest BCUT2D eigenvalue weighted by atomic mass is 10.1. The quantitative estimate of drug-likeness (QED) is 0.466. The summed E-state index contributed by atoms with van der Waals surface area (Å²) in [5.41, 5.74) is 3.13. The van der Waals surface area contributed by atoms with Crippen molar-refractivity contribution in [2.45, 2.75) is 39.8 Å². The zero-order chi connectivity index (χ0) is 23.5. The Hall–Kier alpha value is -3.87. The minimum atomic E-state index is -0.430. The van der Waals surface area contributed by atoms with Crippen molar-refractivity contribution in [2.75, 3.05) is 7.11 Å². The van der Waals surface area contributed by atoms with Gasteiger partial charge in [0, 0.05) is 23.3 Å². The number of fused-ring (bicyclic) bond motifs is 1. The molecule has 33 heavy (non-hydrogen) atoms. The van der Waals surface area contributed by atoms with E-state index in [1.165, 1.54) is 4.68 Å². The molecule has 0 saturated heterocycles. The standard InChI is InChI=1S/C26H28N4O3/c1-5-23(25(31)27-15-19-11-13-21(33-4)14-12-19)29-17(2)22-16-28-30(20-9-7-6-8-10-20)26(32)24(22)18(29)3/h6-14,16,23H,5,15H2,1-4H3,(H,27,31). The summed E-state index contributed by atoms with van der Waals surface area (Å²) in [6, 6.07) is 16.5. The van der Waals surface area contributed by atoms with E-state index in [2.05, 4.69) is 10.4 Å². The van der Waals surface area contributed by atoms with Crippen LogP contribution in [0.2, 0.25) is 0 Å². The lowest BCUT2D eigenvalue weighted by Gasteiger charge is -2.21. The van der Waals surface area contributed by atoms with Crippen LogP contribution < -0.4 is 15.6 Å². The van der Waals surface area contributed by atoms with Crippen molar-refractivity contribution in [3.05, 3.63) is 88.1 Å². The third kappa shape index (κ3) is 4.14. The van der Waals surface area contributed by atoms with Crippen molar-refractivity contribution in [3.63, 3.8) is 0 Å². The maximum Gasteiger partial charge on any atom is 0.281 e. The van der Waals surface area contributed by atoms with Gasteiger partial charge < -0.3 is 14.6 Å². The minimum absolute atomic E-state index is 0.0869. The van der Waals surface area contributed by atoms with E-state index in [1.807, 2.05) is 79.9 Å². The Labute approximate surface area is 192 Å². The predicted molar refractivity (Wildman–Crippen MR) is 129 cm³/mol. The molecule has 0 spiro atoms. The number of carbonyl (C=O) groups is 1. The Kier molecular flexibility index (Phi) is 6.31. The van der Waals surface area contributed by atoms with Crippen LogP contribution in [-0.4, -0.2) is 27.4 Å². The molecule has 2 heterocycles. The molecular weight excluding hydrogens is 416 g/mol. The van der Waals surface area contributed by atoms with Crippen molar-refractivity contribution < 1.29 is 9.53 Å². The summed E-state index contributed by atoms with van der Waals surface area (Å²) < 4.78 is 8.56. The summed E-state index contributed by atoms with van der Waals surface area (Å²) in [6.07, 6.45) is 2.31. The average molecular weight is 445 g/mol. The molecular formula is C26H28N4O3. The van der Waals surface area contributed by atoms with Crippen LogP contribution in [0.15, 0.2) is 65.6 Å². The molecule has 0 aliphatic carbocycles. The van der Waals surface area contributed by atoms with Gasteiger partial charge in [-0.05, 0) is 50.1 Å². The molecule has 2 aromatic carbocycles. The summed E-state index contributed by atoms with van der Waals surface area (Å²) in [6.45, 7) is 6.22. The lowest BCUT2D eigenvalue weighted by Crippen LogP contribution is -2.32. The summed E-state index contributed by atoms with van der Waals surface area (Å²) >= 11 is 0. The van der Waals surface area contributed by atoms with Gasteiger partial charge in [0.25, 0.3) is 5.56 Å². The Morgan fingerprint density at radius 3 is 2.39 bits per heavy atom. The second-order valence-corrected chi connectivity index (χ2v) is 8.02. The van der Waals surface area contributed by atoms with Crippen molar-refractivity contribution in [1.82, 2.24) is 19.7 Å². The first kappa shape index (κ1) is 22.3. The van der Waals surface area contributed by atoms with Gasteiger partial charge in [-0.1, -0.05) is 37.3 Å². The number of aryl methyl sites for hydroxylation is 2. The molecule has 4 rings (SSSR count). The van der Waals surface area contributed by atoms with E-state index in [0.717, 1.165) is 28.1 Å². The van der Waals surface area contributed by atoms with Gasteiger partial charge in [-0.3, -0.25) is 9.59 Å². The highest BCUT2D eigenvalue weighted by Crippen LogP contribution is 2.28. The smallest absolute Gasteiger partial charge is 0.281 e. The zero-order valence-electron chi connectivity index (χ0n) is 19.3. The van der Waals surface area contributed by atoms with E-state index in [1.54, 1.807) is 13.3 Å². The third-order valence-corrected chi connectivity index (χ3v) is 6.08. The van der Waals surface area contributed by atoms with Crippen LogP contribution in [0.1, 0.15) is 36.3 Å². The maximum atomic E-state index is 13.3. The lowest BCUT2D eigenvalue weighted by molar-refractivity contribution is -0.124. The summed E-state index contributed by atoms with van der Waals surface area (Å²) in [5, 5.41) is 8.79. The fourth-order valence-electron chi connectivity index (χ4n) is 4.34. The minimum Gasteiger partial charge on any atom is -0.497 e. The van der Waals surface area contributed by atoms with Gasteiger partial charge in [-0.15, -0.1) is 0 Å². The molecule has 0 fully saturated rings. The van der Waals surface area contributed by atoms with Gasteiger partial charge in [-0.2, -0.15) is 9.78 Å². The van der Waals surface area contributed by atoms with Gasteiger partial charge in [0.15, 0.2) is 0 Å². The first-order valence-corrected chi connectivity index (χ1v) is 11.0. The van der Waals surface area contributed by atoms with Crippen molar-refractivity contribution in [2.24, 2.45) is 0 Å². The van der Waals surface area contributed by atoms with Crippen molar-refractivity contribution >= 4 is 16.7 Å². The molecule has 1 amide bonds. The van der Waals surface area contributed by atoms with E-state index in [9.17, 15) is 9.59 Å². The van der Waals surface area contributed by atoms with Gasteiger partial charge in [-0.25, -0.2) is 0 Å². The van der Waals surface area contributed by atoms with Gasteiger partial charge in [0.1, 0.15) is 11.8 Å². The number of aromatic nitrogens is 3. The highest BCUT2D eigenvalue weighted by atomic mass is 16.5. The fraction of sp³-hybridized carbons (Fsp3) is 0.269. The van der Waals surface area contributed by atoms with E-state index in [4.69, 9.17) is 4.74 Å². The molecule has 1 atom stereocenters. The number of methoxy groups -OCH3 is 1. The number of ether oxygens (including phenoxy) is 1. The predicted octanol–water partition coefficient (Wildman–Crippen LogP) is 4.08. The van der Waals surface area contributed by atoms with E-state index >= 15 is 0 Å². The van der Waals surface area contributed by atoms with Crippen LogP contribution in [0, 0.1) is 13.8 Å². The van der Waals surface area contributed by atoms with Crippen LogP contribution in [0.25, 0.3) is 16.5 Å². The molecule has 7 heteroatoms. The number of para-hydroxylation sites is 1. The topological polar surface area (TPSA) is 78.2 Å². The summed E-state index contributed by atoms with van der Waals surface area (Å²) in [4.78, 5) is 26.5. The summed E-state index contributed by atoms with van der Waals surface area (Å²) in [5.74, 6) is 0.688. The highest BCUT2D eigenvalue weighted by Gasteiger charge is 2.25. The Morgan fingerprint density at radius 2 is 1.76 bits per heavy atom. The number of amides is 1. The van der Waals surface area contributed by atoms with Crippen LogP contribution in [0.3, 0.4) is 0 Å². The number of benzene rings is 2. The Morgan fingerprint density at radius 1 is 1.06 bits per heavy atom. The number of nitrogens with zero attached hydrogens (tertiary/aromatic N) is 3. The van der Waals surface area contributed by atoms with E-state index < -0.39 is 6.04 Å². The normalized spacial score (nSPS) is 12.0. The van der Waals surface area contributed by atoms with Crippen LogP contribution in [0.5, 0.6) is 5.75 Å². The number of nitrogens with one attached hydrogen (secondary N) is 1. The number of hydrogen-bond acceptors (Lipinski definition) is 4. The first-order chi connectivity index (χ1) is 16.0. The number of hydrogen-bond donors (Lipinski definition) is 1. The monoisotopic (exact) mass is 444 g/mol.